The van der Waals surface area contributed by atoms with E-state index in [0.717, 1.165) is 23.9 Å². The quantitative estimate of drug-likeness (QED) is 0.640. The van der Waals surface area contributed by atoms with Crippen LogP contribution in [0, 0.1) is 11.8 Å². The van der Waals surface area contributed by atoms with Gasteiger partial charge in [0.25, 0.3) is 0 Å². The first-order valence-corrected chi connectivity index (χ1v) is 11.2. The Morgan fingerprint density at radius 2 is 1.60 bits per heavy atom. The molecule has 0 radical (unpaired) electrons. The summed E-state index contributed by atoms with van der Waals surface area (Å²) in [6.07, 6.45) is 14.9. The summed E-state index contributed by atoms with van der Waals surface area (Å²) in [7, 11) is 0. The number of aliphatic imine (C=N–C) groups is 1. The predicted octanol–water partition coefficient (Wildman–Crippen LogP) is 5.35. The summed E-state index contributed by atoms with van der Waals surface area (Å²) >= 11 is 0. The van der Waals surface area contributed by atoms with E-state index in [-0.39, 0.29) is 0 Å². The minimum atomic E-state index is 0.565. The molecule has 144 valence electrons. The topological polar surface area (TPSA) is 27.6 Å². The smallest absolute Gasteiger partial charge is 0.194 e. The second-order valence-electron chi connectivity index (χ2n) is 9.71. The molecule has 3 heteroatoms. The van der Waals surface area contributed by atoms with Crippen molar-refractivity contribution in [1.29, 1.82) is 0 Å². The van der Waals surface area contributed by atoms with Gasteiger partial charge in [0, 0.05) is 18.1 Å². The van der Waals surface area contributed by atoms with Crippen molar-refractivity contribution in [1.82, 2.24) is 10.2 Å². The monoisotopic (exact) mass is 347 g/mol. The minimum absolute atomic E-state index is 0.565. The first-order valence-electron chi connectivity index (χ1n) is 11.2. The van der Waals surface area contributed by atoms with Gasteiger partial charge in [0.2, 0.25) is 0 Å². The van der Waals surface area contributed by atoms with E-state index >= 15 is 0 Å². The number of guanidine groups is 1. The molecule has 0 aliphatic carbocycles. The van der Waals surface area contributed by atoms with Crippen LogP contribution in [-0.2, 0) is 0 Å². The third-order valence-electron chi connectivity index (χ3n) is 6.50. The highest BCUT2D eigenvalue weighted by atomic mass is 15.4. The zero-order valence-electron chi connectivity index (χ0n) is 17.1. The summed E-state index contributed by atoms with van der Waals surface area (Å²) in [5.41, 5.74) is 0. The van der Waals surface area contributed by atoms with Crippen LogP contribution < -0.4 is 5.32 Å². The van der Waals surface area contributed by atoms with Crippen LogP contribution in [0.15, 0.2) is 4.99 Å². The molecule has 3 rings (SSSR count). The van der Waals surface area contributed by atoms with Crippen LogP contribution in [0.5, 0.6) is 0 Å². The van der Waals surface area contributed by atoms with Crippen molar-refractivity contribution in [2.75, 3.05) is 0 Å². The standard InChI is InChI=1S/C22H41N3/c1-16(2)8-5-10-18-14-20-12-7-13-21-15-19(11-6-9-17(3)4)24-22(23-18)25(20)21/h16-21H,5-15H2,1-4H3,(H,23,24)/t18-,19+,20+,21-. The van der Waals surface area contributed by atoms with Gasteiger partial charge in [-0.25, -0.2) is 4.99 Å². The Morgan fingerprint density at radius 3 is 2.28 bits per heavy atom. The second-order valence-corrected chi connectivity index (χ2v) is 9.71. The molecular formula is C22H41N3. The number of hydrogen-bond donors (Lipinski definition) is 1. The fourth-order valence-electron chi connectivity index (χ4n) is 5.17. The van der Waals surface area contributed by atoms with E-state index in [9.17, 15) is 0 Å². The van der Waals surface area contributed by atoms with Gasteiger partial charge in [-0.05, 0) is 56.8 Å². The summed E-state index contributed by atoms with van der Waals surface area (Å²) in [6, 6.07) is 2.75. The van der Waals surface area contributed by atoms with Crippen molar-refractivity contribution in [2.24, 2.45) is 16.8 Å². The van der Waals surface area contributed by atoms with Crippen molar-refractivity contribution in [3.05, 3.63) is 0 Å². The molecule has 1 N–H and O–H groups in total. The highest BCUT2D eigenvalue weighted by Crippen LogP contribution is 2.36. The average Bonchev–Trinajstić information content (AvgIpc) is 2.54. The maximum absolute atomic E-state index is 5.21. The van der Waals surface area contributed by atoms with E-state index in [1.165, 1.54) is 76.6 Å². The number of hydrogen-bond acceptors (Lipinski definition) is 3. The fourth-order valence-corrected chi connectivity index (χ4v) is 5.17. The predicted molar refractivity (Wildman–Crippen MR) is 108 cm³/mol. The summed E-state index contributed by atoms with van der Waals surface area (Å²) < 4.78 is 0. The molecule has 3 nitrogen and oxygen atoms in total. The van der Waals surface area contributed by atoms with Crippen LogP contribution in [0.2, 0.25) is 0 Å². The molecule has 0 aromatic rings. The van der Waals surface area contributed by atoms with E-state index in [2.05, 4.69) is 37.9 Å². The number of nitrogens with one attached hydrogen (secondary N) is 1. The van der Waals surface area contributed by atoms with Crippen LogP contribution in [0.4, 0.5) is 0 Å². The lowest BCUT2D eigenvalue weighted by Crippen LogP contribution is -2.64. The molecule has 0 bridgehead atoms. The fraction of sp³-hybridized carbons (Fsp3) is 0.955. The van der Waals surface area contributed by atoms with Crippen LogP contribution in [0.25, 0.3) is 0 Å². The highest BCUT2D eigenvalue weighted by Gasteiger charge is 2.41. The van der Waals surface area contributed by atoms with Gasteiger partial charge < -0.3 is 10.2 Å². The van der Waals surface area contributed by atoms with Crippen molar-refractivity contribution in [2.45, 2.75) is 122 Å². The van der Waals surface area contributed by atoms with Gasteiger partial charge >= 0.3 is 0 Å². The zero-order chi connectivity index (χ0) is 17.8. The number of rotatable bonds is 8. The van der Waals surface area contributed by atoms with Gasteiger partial charge in [0.15, 0.2) is 5.96 Å². The maximum Gasteiger partial charge on any atom is 0.194 e. The van der Waals surface area contributed by atoms with Crippen LogP contribution in [-0.4, -0.2) is 35.0 Å². The first-order chi connectivity index (χ1) is 12.0. The van der Waals surface area contributed by atoms with E-state index in [4.69, 9.17) is 4.99 Å². The Hall–Kier alpha value is -0.730. The first kappa shape index (κ1) is 19.0. The molecule has 0 saturated carbocycles. The molecule has 25 heavy (non-hydrogen) atoms. The lowest BCUT2D eigenvalue weighted by Gasteiger charge is -2.52. The molecule has 0 amide bonds. The molecule has 2 fully saturated rings. The van der Waals surface area contributed by atoms with Gasteiger partial charge in [-0.1, -0.05) is 53.4 Å². The summed E-state index contributed by atoms with van der Waals surface area (Å²) in [5, 5.41) is 3.86. The average molecular weight is 348 g/mol. The molecule has 3 aliphatic heterocycles. The van der Waals surface area contributed by atoms with Gasteiger partial charge in [0.05, 0.1) is 6.04 Å². The maximum atomic E-state index is 5.21. The summed E-state index contributed by atoms with van der Waals surface area (Å²) in [6.45, 7) is 9.36. The van der Waals surface area contributed by atoms with Gasteiger partial charge in [-0.2, -0.15) is 0 Å². The minimum Gasteiger partial charge on any atom is -0.353 e. The zero-order valence-corrected chi connectivity index (χ0v) is 17.1. The number of piperidine rings is 1. The van der Waals surface area contributed by atoms with E-state index < -0.39 is 0 Å². The lowest BCUT2D eigenvalue weighted by atomic mass is 9.84. The highest BCUT2D eigenvalue weighted by molar-refractivity contribution is 5.82. The summed E-state index contributed by atoms with van der Waals surface area (Å²) in [4.78, 5) is 7.90. The molecule has 3 heterocycles. The van der Waals surface area contributed by atoms with Crippen LogP contribution >= 0.6 is 0 Å². The normalized spacial score (nSPS) is 31.8. The third-order valence-corrected chi connectivity index (χ3v) is 6.50. The molecule has 0 spiro atoms. The number of nitrogens with zero attached hydrogens (tertiary/aromatic N) is 2. The molecule has 0 aromatic heterocycles. The Bertz CT molecular complexity index is 443. The summed E-state index contributed by atoms with van der Waals surface area (Å²) in [5.74, 6) is 2.93. The Labute approximate surface area is 156 Å². The van der Waals surface area contributed by atoms with Crippen molar-refractivity contribution in [3.63, 3.8) is 0 Å². The van der Waals surface area contributed by atoms with Crippen LogP contribution in [0.1, 0.15) is 98.3 Å². The van der Waals surface area contributed by atoms with Crippen molar-refractivity contribution in [3.8, 4) is 0 Å². The van der Waals surface area contributed by atoms with Crippen molar-refractivity contribution < 1.29 is 0 Å². The SMILES string of the molecule is CC(C)CCC[C@@H]1C[C@@H]2CCC[C@@H]3C[C@H](CCCC(C)C)NC(=N1)N32. The van der Waals surface area contributed by atoms with Gasteiger partial charge in [-0.15, -0.1) is 0 Å². The Morgan fingerprint density at radius 1 is 0.960 bits per heavy atom. The van der Waals surface area contributed by atoms with E-state index in [0.29, 0.717) is 12.1 Å². The molecule has 3 aliphatic rings. The van der Waals surface area contributed by atoms with Crippen molar-refractivity contribution >= 4 is 5.96 Å². The molecule has 4 atom stereocenters. The Kier molecular flexibility index (Phi) is 6.68. The lowest BCUT2D eigenvalue weighted by molar-refractivity contribution is 0.0976. The largest absolute Gasteiger partial charge is 0.353 e. The third kappa shape index (κ3) is 5.14. The van der Waals surface area contributed by atoms with Gasteiger partial charge in [-0.3, -0.25) is 0 Å². The molecule has 0 unspecified atom stereocenters. The second kappa shape index (κ2) is 8.77. The molecule has 0 aromatic carbocycles. The molecule has 2 saturated heterocycles. The van der Waals surface area contributed by atoms with E-state index in [1.54, 1.807) is 0 Å². The van der Waals surface area contributed by atoms with Crippen LogP contribution in [0.3, 0.4) is 0 Å². The van der Waals surface area contributed by atoms with E-state index in [1.807, 2.05) is 0 Å². The molecular weight excluding hydrogens is 306 g/mol. The Balaban J connectivity index is 1.61. The van der Waals surface area contributed by atoms with Gasteiger partial charge in [0.1, 0.15) is 0 Å².